The number of aromatic nitrogens is 1. The summed E-state index contributed by atoms with van der Waals surface area (Å²) >= 11 is 7.43. The number of benzene rings is 1. The van der Waals surface area contributed by atoms with Crippen molar-refractivity contribution < 1.29 is 19.2 Å². The van der Waals surface area contributed by atoms with Gasteiger partial charge in [0.15, 0.2) is 11.7 Å². The van der Waals surface area contributed by atoms with Gasteiger partial charge in [0.2, 0.25) is 0 Å². The second-order valence-electron chi connectivity index (χ2n) is 5.39. The number of thioether (sulfide) groups is 1. The Morgan fingerprint density at radius 1 is 1.50 bits per heavy atom. The van der Waals surface area contributed by atoms with Gasteiger partial charge in [0, 0.05) is 36.3 Å². The Morgan fingerprint density at radius 3 is 2.89 bits per heavy atom. The molecule has 12 heteroatoms. The molecule has 0 bridgehead atoms. The predicted octanol–water partition coefficient (Wildman–Crippen LogP) is 2.90. The summed E-state index contributed by atoms with van der Waals surface area (Å²) in [5.74, 6) is -0.519. The summed E-state index contributed by atoms with van der Waals surface area (Å²) < 4.78 is 5.89. The lowest BCUT2D eigenvalue weighted by atomic mass is 10.1. The molecule has 0 unspecified atom stereocenters. The summed E-state index contributed by atoms with van der Waals surface area (Å²) in [5, 5.41) is 15.8. The topological polar surface area (TPSA) is 115 Å². The number of ether oxygens (including phenoxy) is 1. The first-order valence-electron chi connectivity index (χ1n) is 7.67. The molecule has 28 heavy (non-hydrogen) atoms. The quantitative estimate of drug-likeness (QED) is 0.318. The number of thiazole rings is 1. The van der Waals surface area contributed by atoms with Crippen LogP contribution in [0.4, 0.5) is 10.8 Å². The van der Waals surface area contributed by atoms with E-state index in [2.05, 4.69) is 10.3 Å². The second kappa shape index (κ2) is 8.46. The Hall–Kier alpha value is -2.83. The smallest absolute Gasteiger partial charge is 0.270 e. The van der Waals surface area contributed by atoms with Crippen molar-refractivity contribution in [2.75, 3.05) is 19.0 Å². The van der Waals surface area contributed by atoms with Gasteiger partial charge in [-0.2, -0.15) is 0 Å². The van der Waals surface area contributed by atoms with Crippen LogP contribution < -0.4 is 10.1 Å². The fourth-order valence-corrected chi connectivity index (χ4v) is 3.88. The molecule has 1 aromatic carbocycles. The molecule has 0 spiro atoms. The minimum Gasteiger partial charge on any atom is -0.483 e. The molecule has 1 N–H and O–H groups in total. The number of carbonyl (C=O) groups excluding carboxylic acids is 2. The number of thiocarbonyl (C=S) groups is 1. The number of anilines is 1. The highest BCUT2D eigenvalue weighted by molar-refractivity contribution is 8.26. The number of amides is 2. The molecule has 9 nitrogen and oxygen atoms in total. The second-order valence-corrected chi connectivity index (χ2v) is 7.96. The SMILES string of the molecule is CN1C(=O)C(=Cc2cc([N+](=O)[O-])ccc2OCC(=O)Nc2nccs2)SC1=S. The molecule has 2 aromatic rings. The summed E-state index contributed by atoms with van der Waals surface area (Å²) in [7, 11) is 1.55. The van der Waals surface area contributed by atoms with Crippen LogP contribution in [0.1, 0.15) is 5.56 Å². The van der Waals surface area contributed by atoms with Crippen LogP contribution in [0, 0.1) is 10.1 Å². The Labute approximate surface area is 172 Å². The maximum Gasteiger partial charge on any atom is 0.270 e. The van der Waals surface area contributed by atoms with Crippen molar-refractivity contribution in [2.24, 2.45) is 0 Å². The first-order valence-corrected chi connectivity index (χ1v) is 9.77. The Kier molecular flexibility index (Phi) is 6.02. The van der Waals surface area contributed by atoms with Crippen molar-refractivity contribution in [1.29, 1.82) is 0 Å². The van der Waals surface area contributed by atoms with Crippen LogP contribution >= 0.6 is 35.3 Å². The molecule has 144 valence electrons. The van der Waals surface area contributed by atoms with Gasteiger partial charge in [-0.3, -0.25) is 29.9 Å². The fourth-order valence-electron chi connectivity index (χ4n) is 2.16. The molecule has 2 amide bonds. The average molecular weight is 436 g/mol. The van der Waals surface area contributed by atoms with Crippen LogP contribution in [0.15, 0.2) is 34.7 Å². The molecule has 1 aliphatic heterocycles. The Morgan fingerprint density at radius 2 is 2.29 bits per heavy atom. The molecule has 0 aliphatic carbocycles. The number of nitro groups is 1. The average Bonchev–Trinajstić information content (AvgIpc) is 3.25. The number of nitro benzene ring substituents is 1. The van der Waals surface area contributed by atoms with Gasteiger partial charge in [-0.25, -0.2) is 4.98 Å². The van der Waals surface area contributed by atoms with Gasteiger partial charge in [-0.1, -0.05) is 24.0 Å². The zero-order valence-electron chi connectivity index (χ0n) is 14.3. The van der Waals surface area contributed by atoms with E-state index in [0.29, 0.717) is 19.9 Å². The maximum absolute atomic E-state index is 12.2. The number of rotatable bonds is 6. The van der Waals surface area contributed by atoms with Gasteiger partial charge in [0.25, 0.3) is 17.5 Å². The molecular formula is C16H12N4O5S3. The lowest BCUT2D eigenvalue weighted by molar-refractivity contribution is -0.384. The fraction of sp³-hybridized carbons (Fsp3) is 0.125. The van der Waals surface area contributed by atoms with E-state index in [0.717, 1.165) is 11.8 Å². The van der Waals surface area contributed by atoms with Crippen molar-refractivity contribution in [1.82, 2.24) is 9.88 Å². The summed E-state index contributed by atoms with van der Waals surface area (Å²) in [5.41, 5.74) is 0.128. The highest BCUT2D eigenvalue weighted by Gasteiger charge is 2.29. The molecular weight excluding hydrogens is 424 g/mol. The Balaban J connectivity index is 1.82. The van der Waals surface area contributed by atoms with Crippen LogP contribution in [0.2, 0.25) is 0 Å². The van der Waals surface area contributed by atoms with Gasteiger partial charge in [-0.05, 0) is 12.1 Å². The van der Waals surface area contributed by atoms with E-state index >= 15 is 0 Å². The molecule has 0 saturated carbocycles. The van der Waals surface area contributed by atoms with Crippen molar-refractivity contribution in [2.45, 2.75) is 0 Å². The van der Waals surface area contributed by atoms with Crippen LogP contribution in [0.5, 0.6) is 5.75 Å². The number of non-ortho nitro benzene ring substituents is 1. The number of hydrogen-bond acceptors (Lipinski definition) is 9. The number of likely N-dealkylation sites (N-methyl/N-ethyl adjacent to an activating group) is 1. The summed E-state index contributed by atoms with van der Waals surface area (Å²) in [6, 6.07) is 3.92. The molecule has 3 rings (SSSR count). The summed E-state index contributed by atoms with van der Waals surface area (Å²) in [6.45, 7) is -0.326. The van der Waals surface area contributed by atoms with E-state index in [9.17, 15) is 19.7 Å². The van der Waals surface area contributed by atoms with Gasteiger partial charge in [0.1, 0.15) is 10.1 Å². The third-order valence-electron chi connectivity index (χ3n) is 3.51. The molecule has 1 fully saturated rings. The van der Waals surface area contributed by atoms with Gasteiger partial charge < -0.3 is 4.74 Å². The predicted molar refractivity (Wildman–Crippen MR) is 110 cm³/mol. The zero-order chi connectivity index (χ0) is 20.3. The van der Waals surface area contributed by atoms with E-state index in [-0.39, 0.29) is 24.0 Å². The van der Waals surface area contributed by atoms with E-state index in [1.54, 1.807) is 18.6 Å². The molecule has 0 radical (unpaired) electrons. The standard InChI is InChI=1S/C16H12N4O5S3/c1-19-14(22)12(28-16(19)26)7-9-6-10(20(23)24)2-3-11(9)25-8-13(21)18-15-17-4-5-27-15/h2-7H,8H2,1H3,(H,17,18,21). The lowest BCUT2D eigenvalue weighted by Crippen LogP contribution is -2.22. The third kappa shape index (κ3) is 4.52. The zero-order valence-corrected chi connectivity index (χ0v) is 16.7. The van der Waals surface area contributed by atoms with Crippen LogP contribution in [-0.4, -0.2) is 44.6 Å². The maximum atomic E-state index is 12.2. The Bertz CT molecular complexity index is 990. The normalized spacial score (nSPS) is 15.2. The van der Waals surface area contributed by atoms with Crippen LogP contribution in [0.3, 0.4) is 0 Å². The van der Waals surface area contributed by atoms with Crippen LogP contribution in [0.25, 0.3) is 6.08 Å². The highest BCUT2D eigenvalue weighted by atomic mass is 32.2. The minimum atomic E-state index is -0.554. The van der Waals surface area contributed by atoms with Crippen molar-refractivity contribution in [3.63, 3.8) is 0 Å². The monoisotopic (exact) mass is 436 g/mol. The lowest BCUT2D eigenvalue weighted by Gasteiger charge is -2.09. The van der Waals surface area contributed by atoms with Gasteiger partial charge in [0.05, 0.1) is 9.83 Å². The van der Waals surface area contributed by atoms with E-state index in [1.807, 2.05) is 0 Å². The minimum absolute atomic E-state index is 0.169. The number of nitrogens with one attached hydrogen (secondary N) is 1. The first kappa shape index (κ1) is 19.9. The number of carbonyl (C=O) groups is 2. The highest BCUT2D eigenvalue weighted by Crippen LogP contribution is 2.34. The van der Waals surface area contributed by atoms with Crippen molar-refractivity contribution in [3.05, 3.63) is 50.4 Å². The van der Waals surface area contributed by atoms with Gasteiger partial charge >= 0.3 is 0 Å². The van der Waals surface area contributed by atoms with E-state index in [4.69, 9.17) is 17.0 Å². The summed E-state index contributed by atoms with van der Waals surface area (Å²) in [6.07, 6.45) is 3.02. The molecule has 1 aromatic heterocycles. The molecule has 1 aliphatic rings. The first-order chi connectivity index (χ1) is 13.3. The van der Waals surface area contributed by atoms with E-state index < -0.39 is 10.8 Å². The van der Waals surface area contributed by atoms with Gasteiger partial charge in [-0.15, -0.1) is 11.3 Å². The third-order valence-corrected chi connectivity index (χ3v) is 5.69. The molecule has 2 heterocycles. The number of hydrogen-bond donors (Lipinski definition) is 1. The van der Waals surface area contributed by atoms with Crippen molar-refractivity contribution >= 4 is 68.3 Å². The van der Waals surface area contributed by atoms with Crippen LogP contribution in [-0.2, 0) is 9.59 Å². The van der Waals surface area contributed by atoms with Crippen molar-refractivity contribution in [3.8, 4) is 5.75 Å². The van der Waals surface area contributed by atoms with E-state index in [1.165, 1.54) is 40.5 Å². The number of nitrogens with zero attached hydrogens (tertiary/aromatic N) is 3. The summed E-state index contributed by atoms with van der Waals surface area (Å²) in [4.78, 5) is 40.3. The largest absolute Gasteiger partial charge is 0.483 e. The molecule has 0 atom stereocenters. The molecule has 1 saturated heterocycles.